The summed E-state index contributed by atoms with van der Waals surface area (Å²) in [6, 6.07) is 3.51. The van der Waals surface area contributed by atoms with Crippen LogP contribution in [0, 0.1) is 0 Å². The molecular weight excluding hydrogens is 234 g/mol. The molecule has 1 aromatic heterocycles. The van der Waals surface area contributed by atoms with Crippen LogP contribution in [0.25, 0.3) is 0 Å². The molecule has 0 aliphatic carbocycles. The van der Waals surface area contributed by atoms with E-state index in [1.165, 1.54) is 4.57 Å². The SMILES string of the molecule is NC1CCN(C(=O)c2cccn2CC(=O)O)CC1. The van der Waals surface area contributed by atoms with Crippen molar-refractivity contribution in [3.63, 3.8) is 0 Å². The van der Waals surface area contributed by atoms with Crippen LogP contribution in [0.2, 0.25) is 0 Å². The van der Waals surface area contributed by atoms with E-state index in [1.807, 2.05) is 0 Å². The van der Waals surface area contributed by atoms with Crippen molar-refractivity contribution in [1.29, 1.82) is 0 Å². The minimum absolute atomic E-state index is 0.117. The molecule has 1 amide bonds. The van der Waals surface area contributed by atoms with Gasteiger partial charge >= 0.3 is 5.97 Å². The quantitative estimate of drug-likeness (QED) is 0.799. The number of carboxylic acid groups (broad SMARTS) is 1. The molecule has 1 fully saturated rings. The van der Waals surface area contributed by atoms with Crippen molar-refractivity contribution >= 4 is 11.9 Å². The van der Waals surface area contributed by atoms with Gasteiger partial charge in [0.15, 0.2) is 0 Å². The van der Waals surface area contributed by atoms with Crippen molar-refractivity contribution in [2.75, 3.05) is 13.1 Å². The fraction of sp³-hybridized carbons (Fsp3) is 0.500. The van der Waals surface area contributed by atoms with E-state index in [1.54, 1.807) is 23.2 Å². The van der Waals surface area contributed by atoms with Crippen LogP contribution in [0.1, 0.15) is 23.3 Å². The number of carbonyl (C=O) groups is 2. The topological polar surface area (TPSA) is 88.6 Å². The van der Waals surface area contributed by atoms with Gasteiger partial charge in [-0.05, 0) is 25.0 Å². The summed E-state index contributed by atoms with van der Waals surface area (Å²) < 4.78 is 1.46. The van der Waals surface area contributed by atoms with Gasteiger partial charge in [0.25, 0.3) is 5.91 Å². The largest absolute Gasteiger partial charge is 0.480 e. The zero-order valence-electron chi connectivity index (χ0n) is 10.1. The van der Waals surface area contributed by atoms with Gasteiger partial charge in [-0.15, -0.1) is 0 Å². The molecule has 0 spiro atoms. The molecule has 1 saturated heterocycles. The normalized spacial score (nSPS) is 16.8. The number of likely N-dealkylation sites (tertiary alicyclic amines) is 1. The maximum Gasteiger partial charge on any atom is 0.323 e. The first kappa shape index (κ1) is 12.6. The van der Waals surface area contributed by atoms with Gasteiger partial charge in [-0.3, -0.25) is 9.59 Å². The smallest absolute Gasteiger partial charge is 0.323 e. The summed E-state index contributed by atoms with van der Waals surface area (Å²) in [6.07, 6.45) is 3.20. The number of aromatic nitrogens is 1. The molecule has 0 atom stereocenters. The zero-order chi connectivity index (χ0) is 13.1. The van der Waals surface area contributed by atoms with Crippen LogP contribution in [0.5, 0.6) is 0 Å². The highest BCUT2D eigenvalue weighted by Gasteiger charge is 2.23. The van der Waals surface area contributed by atoms with Gasteiger partial charge < -0.3 is 20.3 Å². The second-order valence-electron chi connectivity index (χ2n) is 4.54. The van der Waals surface area contributed by atoms with Crippen molar-refractivity contribution in [2.24, 2.45) is 5.73 Å². The first-order chi connectivity index (χ1) is 8.58. The van der Waals surface area contributed by atoms with E-state index in [0.717, 1.165) is 12.8 Å². The van der Waals surface area contributed by atoms with Crippen LogP contribution in [0.15, 0.2) is 18.3 Å². The Balaban J connectivity index is 2.09. The number of piperidine rings is 1. The fourth-order valence-corrected chi connectivity index (χ4v) is 2.16. The van der Waals surface area contributed by atoms with Gasteiger partial charge in [0, 0.05) is 25.3 Å². The van der Waals surface area contributed by atoms with Gasteiger partial charge in [0.1, 0.15) is 12.2 Å². The first-order valence-electron chi connectivity index (χ1n) is 5.99. The van der Waals surface area contributed by atoms with Crippen molar-refractivity contribution in [1.82, 2.24) is 9.47 Å². The summed E-state index contributed by atoms with van der Waals surface area (Å²) in [5.41, 5.74) is 6.21. The summed E-state index contributed by atoms with van der Waals surface area (Å²) in [4.78, 5) is 24.7. The third kappa shape index (κ3) is 2.70. The number of nitrogens with two attached hydrogens (primary N) is 1. The molecule has 98 valence electrons. The Labute approximate surface area is 105 Å². The van der Waals surface area contributed by atoms with E-state index in [4.69, 9.17) is 10.8 Å². The van der Waals surface area contributed by atoms with Gasteiger partial charge in [0.05, 0.1) is 0 Å². The van der Waals surface area contributed by atoms with Gasteiger partial charge in [-0.25, -0.2) is 0 Å². The summed E-state index contributed by atoms with van der Waals surface area (Å²) >= 11 is 0. The number of aliphatic carboxylic acids is 1. The third-order valence-corrected chi connectivity index (χ3v) is 3.18. The Bertz CT molecular complexity index is 447. The number of carboxylic acids is 1. The van der Waals surface area contributed by atoms with E-state index in [2.05, 4.69) is 0 Å². The molecule has 2 rings (SSSR count). The Morgan fingerprint density at radius 2 is 2.06 bits per heavy atom. The summed E-state index contributed by atoms with van der Waals surface area (Å²) in [5.74, 6) is -1.07. The minimum Gasteiger partial charge on any atom is -0.480 e. The lowest BCUT2D eigenvalue weighted by Crippen LogP contribution is -2.43. The highest BCUT2D eigenvalue weighted by Crippen LogP contribution is 2.13. The third-order valence-electron chi connectivity index (χ3n) is 3.18. The Hall–Kier alpha value is -1.82. The van der Waals surface area contributed by atoms with Crippen LogP contribution < -0.4 is 5.73 Å². The van der Waals surface area contributed by atoms with Gasteiger partial charge in [-0.1, -0.05) is 0 Å². The highest BCUT2D eigenvalue weighted by atomic mass is 16.4. The predicted octanol–water partition coefficient (Wildman–Crippen LogP) is 0.136. The Kier molecular flexibility index (Phi) is 3.66. The molecule has 6 heteroatoms. The molecular formula is C12H17N3O3. The lowest BCUT2D eigenvalue weighted by Gasteiger charge is -2.30. The predicted molar refractivity (Wildman–Crippen MR) is 65.2 cm³/mol. The molecule has 1 aromatic rings. The zero-order valence-corrected chi connectivity index (χ0v) is 10.1. The lowest BCUT2D eigenvalue weighted by atomic mass is 10.1. The number of hydrogen-bond donors (Lipinski definition) is 2. The van der Waals surface area contributed by atoms with E-state index in [9.17, 15) is 9.59 Å². The van der Waals surface area contributed by atoms with Crippen molar-refractivity contribution in [3.8, 4) is 0 Å². The Morgan fingerprint density at radius 1 is 1.39 bits per heavy atom. The van der Waals surface area contributed by atoms with E-state index >= 15 is 0 Å². The van der Waals surface area contributed by atoms with Crippen molar-refractivity contribution in [2.45, 2.75) is 25.4 Å². The number of hydrogen-bond acceptors (Lipinski definition) is 3. The van der Waals surface area contributed by atoms with E-state index in [-0.39, 0.29) is 18.5 Å². The van der Waals surface area contributed by atoms with Gasteiger partial charge in [0.2, 0.25) is 0 Å². The van der Waals surface area contributed by atoms with Crippen LogP contribution in [0.3, 0.4) is 0 Å². The number of rotatable bonds is 3. The summed E-state index contributed by atoms with van der Waals surface area (Å²) in [5, 5.41) is 8.77. The van der Waals surface area contributed by atoms with Crippen molar-refractivity contribution < 1.29 is 14.7 Å². The molecule has 1 aliphatic rings. The average Bonchev–Trinajstić information content (AvgIpc) is 2.76. The molecule has 0 aromatic carbocycles. The summed E-state index contributed by atoms with van der Waals surface area (Å²) in [7, 11) is 0. The minimum atomic E-state index is -0.957. The molecule has 3 N–H and O–H groups in total. The monoisotopic (exact) mass is 251 g/mol. The second-order valence-corrected chi connectivity index (χ2v) is 4.54. The average molecular weight is 251 g/mol. The van der Waals surface area contributed by atoms with Gasteiger partial charge in [-0.2, -0.15) is 0 Å². The van der Waals surface area contributed by atoms with Crippen LogP contribution in [0.4, 0.5) is 0 Å². The maximum absolute atomic E-state index is 12.2. The van der Waals surface area contributed by atoms with Crippen molar-refractivity contribution in [3.05, 3.63) is 24.0 Å². The molecule has 6 nitrogen and oxygen atoms in total. The number of amides is 1. The lowest BCUT2D eigenvalue weighted by molar-refractivity contribution is -0.137. The first-order valence-corrected chi connectivity index (χ1v) is 5.99. The van der Waals surface area contributed by atoms with Crippen LogP contribution in [-0.2, 0) is 11.3 Å². The maximum atomic E-state index is 12.2. The second kappa shape index (κ2) is 5.22. The molecule has 18 heavy (non-hydrogen) atoms. The highest BCUT2D eigenvalue weighted by molar-refractivity contribution is 5.93. The molecule has 0 saturated carbocycles. The summed E-state index contributed by atoms with van der Waals surface area (Å²) in [6.45, 7) is 1.08. The van der Waals surface area contributed by atoms with Crippen LogP contribution in [-0.4, -0.2) is 45.6 Å². The molecule has 0 radical (unpaired) electrons. The standard InChI is InChI=1S/C12H17N3O3/c13-9-3-6-14(7-4-9)12(18)10-2-1-5-15(10)8-11(16)17/h1-2,5,9H,3-4,6-8,13H2,(H,16,17). The van der Waals surface area contributed by atoms with Crippen LogP contribution >= 0.6 is 0 Å². The molecule has 0 bridgehead atoms. The number of nitrogens with zero attached hydrogens (tertiary/aromatic N) is 2. The van der Waals surface area contributed by atoms with E-state index < -0.39 is 5.97 Å². The molecule has 2 heterocycles. The molecule has 1 aliphatic heterocycles. The number of carbonyl (C=O) groups excluding carboxylic acids is 1. The van der Waals surface area contributed by atoms with E-state index in [0.29, 0.717) is 18.8 Å². The molecule has 0 unspecified atom stereocenters. The Morgan fingerprint density at radius 3 is 2.67 bits per heavy atom. The fourth-order valence-electron chi connectivity index (χ4n) is 2.16.